The third kappa shape index (κ3) is 3.74. The first kappa shape index (κ1) is 16.1. The summed E-state index contributed by atoms with van der Waals surface area (Å²) in [6.07, 6.45) is 3.49. The van der Waals surface area contributed by atoms with Crippen LogP contribution in [0.25, 0.3) is 0 Å². The van der Waals surface area contributed by atoms with Crippen molar-refractivity contribution in [1.29, 1.82) is 0 Å². The van der Waals surface area contributed by atoms with Gasteiger partial charge in [-0.25, -0.2) is 0 Å². The van der Waals surface area contributed by atoms with E-state index >= 15 is 0 Å². The molecule has 5 nitrogen and oxygen atoms in total. The van der Waals surface area contributed by atoms with Gasteiger partial charge < -0.3 is 25.6 Å². The lowest BCUT2D eigenvalue weighted by Crippen LogP contribution is -2.36. The van der Waals surface area contributed by atoms with Gasteiger partial charge in [-0.2, -0.15) is 0 Å². The van der Waals surface area contributed by atoms with Gasteiger partial charge in [0.2, 0.25) is 0 Å². The molecular formula is C16H23BrN2O3. The van der Waals surface area contributed by atoms with E-state index in [1.807, 2.05) is 6.07 Å². The first-order valence-corrected chi connectivity index (χ1v) is 8.70. The average Bonchev–Trinajstić information content (AvgIpc) is 2.53. The first-order chi connectivity index (χ1) is 10.7. The van der Waals surface area contributed by atoms with Crippen LogP contribution < -0.4 is 15.4 Å². The molecule has 1 aromatic carbocycles. The van der Waals surface area contributed by atoms with Gasteiger partial charge >= 0.3 is 0 Å². The molecule has 1 aliphatic carbocycles. The minimum atomic E-state index is -0.192. The summed E-state index contributed by atoms with van der Waals surface area (Å²) in [6.45, 7) is 1.40. The van der Waals surface area contributed by atoms with Crippen molar-refractivity contribution in [3.05, 3.63) is 22.2 Å². The molecule has 0 spiro atoms. The van der Waals surface area contributed by atoms with Gasteiger partial charge in [-0.1, -0.05) is 15.9 Å². The zero-order valence-corrected chi connectivity index (χ0v) is 14.1. The van der Waals surface area contributed by atoms with Gasteiger partial charge in [0.25, 0.3) is 0 Å². The molecule has 0 bridgehead atoms. The summed E-state index contributed by atoms with van der Waals surface area (Å²) < 4.78 is 6.78. The van der Waals surface area contributed by atoms with Crippen LogP contribution in [0, 0.1) is 0 Å². The van der Waals surface area contributed by atoms with E-state index in [9.17, 15) is 10.2 Å². The molecule has 1 atom stereocenters. The number of ether oxygens (including phenoxy) is 1. The van der Waals surface area contributed by atoms with Crippen LogP contribution in [0.3, 0.4) is 0 Å². The monoisotopic (exact) mass is 370 g/mol. The minimum absolute atomic E-state index is 0.0109. The number of aliphatic hydroxyl groups is 2. The lowest BCUT2D eigenvalue weighted by molar-refractivity contribution is 0.116. The molecule has 1 saturated carbocycles. The second-order valence-corrected chi connectivity index (χ2v) is 7.04. The summed E-state index contributed by atoms with van der Waals surface area (Å²) in [4.78, 5) is 0. The number of hydrogen-bond acceptors (Lipinski definition) is 5. The third-order valence-corrected chi connectivity index (χ3v) is 4.89. The molecule has 6 heteroatoms. The fourth-order valence-electron chi connectivity index (χ4n) is 3.14. The highest BCUT2D eigenvalue weighted by atomic mass is 79.9. The number of fused-ring (bicyclic) bond motifs is 1. The Kier molecular flexibility index (Phi) is 5.23. The molecule has 3 rings (SSSR count). The van der Waals surface area contributed by atoms with Crippen LogP contribution in [0.1, 0.15) is 31.2 Å². The second-order valence-electron chi connectivity index (χ2n) is 6.13. The fourth-order valence-corrected chi connectivity index (χ4v) is 3.63. The SMILES string of the molecule is OCC1CNc2c(CNC3CCC(O)CC3)cc(Br)cc2O1. The molecule has 1 aliphatic heterocycles. The second kappa shape index (κ2) is 7.17. The van der Waals surface area contributed by atoms with Crippen LogP contribution in [0.4, 0.5) is 5.69 Å². The Labute approximate surface area is 139 Å². The molecule has 2 aliphatic rings. The zero-order valence-electron chi connectivity index (χ0n) is 12.5. The van der Waals surface area contributed by atoms with Gasteiger partial charge in [-0.05, 0) is 43.4 Å². The summed E-state index contributed by atoms with van der Waals surface area (Å²) in [5.41, 5.74) is 2.17. The van der Waals surface area contributed by atoms with E-state index in [0.717, 1.165) is 53.7 Å². The zero-order chi connectivity index (χ0) is 15.5. The number of anilines is 1. The normalized spacial score (nSPS) is 27.7. The molecule has 1 fully saturated rings. The van der Waals surface area contributed by atoms with Gasteiger partial charge in [0.05, 0.1) is 24.9 Å². The van der Waals surface area contributed by atoms with Crippen molar-refractivity contribution < 1.29 is 14.9 Å². The first-order valence-electron chi connectivity index (χ1n) is 7.91. The number of halogens is 1. The third-order valence-electron chi connectivity index (χ3n) is 4.43. The van der Waals surface area contributed by atoms with Crippen molar-refractivity contribution in [3.8, 4) is 5.75 Å². The Morgan fingerprint density at radius 2 is 2.05 bits per heavy atom. The molecule has 1 aromatic rings. The molecule has 1 heterocycles. The van der Waals surface area contributed by atoms with Crippen molar-refractivity contribution >= 4 is 21.6 Å². The van der Waals surface area contributed by atoms with Crippen LogP contribution in [-0.2, 0) is 6.54 Å². The largest absolute Gasteiger partial charge is 0.484 e. The fraction of sp³-hybridized carbons (Fsp3) is 0.625. The van der Waals surface area contributed by atoms with Crippen molar-refractivity contribution in [1.82, 2.24) is 5.32 Å². The van der Waals surface area contributed by atoms with Crippen LogP contribution >= 0.6 is 15.9 Å². The van der Waals surface area contributed by atoms with Crippen molar-refractivity contribution in [2.45, 2.75) is 50.5 Å². The summed E-state index contributed by atoms with van der Waals surface area (Å²) in [6, 6.07) is 4.50. The van der Waals surface area contributed by atoms with Crippen molar-refractivity contribution in [3.63, 3.8) is 0 Å². The lowest BCUT2D eigenvalue weighted by atomic mass is 9.93. The molecule has 22 heavy (non-hydrogen) atoms. The minimum Gasteiger partial charge on any atom is -0.484 e. The van der Waals surface area contributed by atoms with Gasteiger partial charge in [-0.15, -0.1) is 0 Å². The maximum Gasteiger partial charge on any atom is 0.144 e. The van der Waals surface area contributed by atoms with Crippen LogP contribution in [0.2, 0.25) is 0 Å². The van der Waals surface area contributed by atoms with E-state index in [-0.39, 0.29) is 18.8 Å². The average molecular weight is 371 g/mol. The number of rotatable bonds is 4. The van der Waals surface area contributed by atoms with Crippen molar-refractivity contribution in [2.75, 3.05) is 18.5 Å². The molecular weight excluding hydrogens is 348 g/mol. The number of hydrogen-bond donors (Lipinski definition) is 4. The lowest BCUT2D eigenvalue weighted by Gasteiger charge is -2.30. The molecule has 0 aromatic heterocycles. The predicted octanol–water partition coefficient (Wildman–Crippen LogP) is 2.01. The Balaban J connectivity index is 1.67. The molecule has 0 saturated heterocycles. The van der Waals surface area contributed by atoms with Crippen LogP contribution in [0.5, 0.6) is 5.75 Å². The highest BCUT2D eigenvalue weighted by Crippen LogP contribution is 2.36. The van der Waals surface area contributed by atoms with E-state index in [4.69, 9.17) is 4.74 Å². The Hall–Kier alpha value is -0.820. The van der Waals surface area contributed by atoms with Crippen molar-refractivity contribution in [2.24, 2.45) is 0 Å². The van der Waals surface area contributed by atoms with Crippen LogP contribution in [-0.4, -0.2) is 41.6 Å². The summed E-state index contributed by atoms with van der Waals surface area (Å²) in [5, 5.41) is 25.8. The van der Waals surface area contributed by atoms with E-state index in [1.54, 1.807) is 0 Å². The highest BCUT2D eigenvalue weighted by molar-refractivity contribution is 9.10. The Morgan fingerprint density at radius 1 is 1.27 bits per heavy atom. The van der Waals surface area contributed by atoms with E-state index < -0.39 is 0 Å². The van der Waals surface area contributed by atoms with E-state index in [0.29, 0.717) is 12.6 Å². The Morgan fingerprint density at radius 3 is 2.77 bits per heavy atom. The number of nitrogens with one attached hydrogen (secondary N) is 2. The molecule has 1 unspecified atom stereocenters. The van der Waals surface area contributed by atoms with E-state index in [1.165, 1.54) is 0 Å². The van der Waals surface area contributed by atoms with E-state index in [2.05, 4.69) is 32.6 Å². The topological polar surface area (TPSA) is 73.8 Å². The molecule has 4 N–H and O–H groups in total. The maximum atomic E-state index is 9.57. The van der Waals surface area contributed by atoms with Crippen LogP contribution in [0.15, 0.2) is 16.6 Å². The summed E-state index contributed by atoms with van der Waals surface area (Å²) in [7, 11) is 0. The highest BCUT2D eigenvalue weighted by Gasteiger charge is 2.23. The standard InChI is InChI=1S/C16H23BrN2O3/c17-11-5-10(7-18-12-1-3-13(21)4-2-12)16-15(6-11)22-14(9-20)8-19-16/h5-6,12-14,18-21H,1-4,7-9H2. The summed E-state index contributed by atoms with van der Waals surface area (Å²) >= 11 is 3.53. The maximum absolute atomic E-state index is 9.57. The van der Waals surface area contributed by atoms with Gasteiger partial charge in [0.15, 0.2) is 0 Å². The van der Waals surface area contributed by atoms with Gasteiger partial charge in [0.1, 0.15) is 11.9 Å². The number of benzene rings is 1. The molecule has 122 valence electrons. The number of aliphatic hydroxyl groups excluding tert-OH is 2. The smallest absolute Gasteiger partial charge is 0.144 e. The molecule has 0 amide bonds. The Bertz CT molecular complexity index is 518. The van der Waals surface area contributed by atoms with Gasteiger partial charge in [0, 0.05) is 17.1 Å². The summed E-state index contributed by atoms with van der Waals surface area (Å²) in [5.74, 6) is 0.788. The molecule has 0 radical (unpaired) electrons. The van der Waals surface area contributed by atoms with Gasteiger partial charge in [-0.3, -0.25) is 0 Å². The predicted molar refractivity (Wildman–Crippen MR) is 89.2 cm³/mol. The quantitative estimate of drug-likeness (QED) is 0.652.